The number of thiazole rings is 1. The Morgan fingerprint density at radius 1 is 1.21 bits per heavy atom. The van der Waals surface area contributed by atoms with Gasteiger partial charge in [0.2, 0.25) is 5.52 Å². The second-order valence-corrected chi connectivity index (χ2v) is 12.3. The molecule has 0 atom stereocenters. The zero-order valence-corrected chi connectivity index (χ0v) is 22.6. The van der Waals surface area contributed by atoms with Crippen molar-refractivity contribution in [3.05, 3.63) is 68.7 Å². The Morgan fingerprint density at radius 2 is 2.00 bits per heavy atom. The molecule has 1 aliphatic heterocycles. The SMILES string of the molecule is CCC(=Cc1sc2ccc(C)cc2[n+]1CCCS(=O)(=O)[O-])C=C1Sc2ccc(Cl)cc2N1CC. The third kappa shape index (κ3) is 5.69. The summed E-state index contributed by atoms with van der Waals surface area (Å²) in [5, 5.41) is 2.94. The van der Waals surface area contributed by atoms with Crippen LogP contribution in [0.3, 0.4) is 0 Å². The van der Waals surface area contributed by atoms with Crippen LogP contribution in [0.15, 0.2) is 58.0 Å². The van der Waals surface area contributed by atoms with Crippen LogP contribution in [0.25, 0.3) is 16.3 Å². The first-order chi connectivity index (χ1) is 16.2. The van der Waals surface area contributed by atoms with E-state index in [1.165, 1.54) is 10.5 Å². The predicted octanol–water partition coefficient (Wildman–Crippen LogP) is 6.35. The third-order valence-electron chi connectivity index (χ3n) is 5.70. The lowest BCUT2D eigenvalue weighted by Gasteiger charge is -2.18. The molecule has 0 radical (unpaired) electrons. The van der Waals surface area contributed by atoms with Gasteiger partial charge in [-0.1, -0.05) is 47.7 Å². The predicted molar refractivity (Wildman–Crippen MR) is 143 cm³/mol. The van der Waals surface area contributed by atoms with Gasteiger partial charge in [0.25, 0.3) is 5.01 Å². The summed E-state index contributed by atoms with van der Waals surface area (Å²) >= 11 is 9.67. The Labute approximate surface area is 214 Å². The Balaban J connectivity index is 1.72. The zero-order chi connectivity index (χ0) is 24.5. The highest BCUT2D eigenvalue weighted by Gasteiger charge is 2.25. The fraction of sp³-hybridized carbons (Fsp3) is 0.320. The summed E-state index contributed by atoms with van der Waals surface area (Å²) in [5.41, 5.74) is 4.51. The van der Waals surface area contributed by atoms with Crippen molar-refractivity contribution < 1.29 is 17.5 Å². The van der Waals surface area contributed by atoms with Crippen molar-refractivity contribution in [3.63, 3.8) is 0 Å². The quantitative estimate of drug-likeness (QED) is 0.249. The Kier molecular flexibility index (Phi) is 7.74. The van der Waals surface area contributed by atoms with E-state index in [2.05, 4.69) is 59.7 Å². The second-order valence-electron chi connectivity index (χ2n) is 8.19. The molecule has 180 valence electrons. The van der Waals surface area contributed by atoms with Gasteiger partial charge in [0, 0.05) is 40.8 Å². The number of hydrogen-bond acceptors (Lipinski definition) is 6. The highest BCUT2D eigenvalue weighted by atomic mass is 35.5. The fourth-order valence-corrected chi connectivity index (χ4v) is 7.00. The summed E-state index contributed by atoms with van der Waals surface area (Å²) in [6.45, 7) is 7.63. The Hall–Kier alpha value is -1.84. The number of halogens is 1. The third-order valence-corrected chi connectivity index (χ3v) is 8.95. The number of anilines is 1. The normalized spacial score (nSPS) is 15.5. The van der Waals surface area contributed by atoms with Crippen LogP contribution < -0.4 is 9.47 Å². The van der Waals surface area contributed by atoms with Gasteiger partial charge in [-0.05, 0) is 61.7 Å². The van der Waals surface area contributed by atoms with E-state index in [-0.39, 0.29) is 12.2 Å². The van der Waals surface area contributed by atoms with E-state index in [4.69, 9.17) is 11.6 Å². The molecule has 2 heterocycles. The highest BCUT2D eigenvalue weighted by molar-refractivity contribution is 8.03. The molecule has 1 aromatic heterocycles. The van der Waals surface area contributed by atoms with Crippen molar-refractivity contribution >= 4 is 66.8 Å². The second kappa shape index (κ2) is 10.4. The molecule has 0 fully saturated rings. The summed E-state index contributed by atoms with van der Waals surface area (Å²) < 4.78 is 36.7. The van der Waals surface area contributed by atoms with Crippen LogP contribution >= 0.6 is 34.7 Å². The lowest BCUT2D eigenvalue weighted by molar-refractivity contribution is -0.668. The van der Waals surface area contributed by atoms with E-state index >= 15 is 0 Å². The molecule has 0 unspecified atom stereocenters. The molecule has 0 amide bonds. The maximum atomic E-state index is 11.2. The van der Waals surface area contributed by atoms with Gasteiger partial charge in [-0.3, -0.25) is 0 Å². The van der Waals surface area contributed by atoms with Crippen LogP contribution in [0.4, 0.5) is 5.69 Å². The van der Waals surface area contributed by atoms with Crippen molar-refractivity contribution in [2.24, 2.45) is 0 Å². The summed E-state index contributed by atoms with van der Waals surface area (Å²) in [7, 11) is -4.24. The first-order valence-electron chi connectivity index (χ1n) is 11.2. The van der Waals surface area contributed by atoms with E-state index in [9.17, 15) is 13.0 Å². The minimum Gasteiger partial charge on any atom is -0.748 e. The standard InChI is InChI=1S/C25H27ClN2O3S3/c1-4-18(14-24-27(5-2)21-16-19(26)8-10-23(21)32-24)15-25-28(11-6-12-34(29,30)31)20-13-17(3)7-9-22(20)33-25/h7-10,13-16H,4-6,11-12H2,1-3H3. The molecule has 0 saturated carbocycles. The number of aromatic nitrogens is 1. The number of rotatable bonds is 8. The van der Waals surface area contributed by atoms with Gasteiger partial charge < -0.3 is 9.45 Å². The molecular weight excluding hydrogens is 508 g/mol. The number of benzene rings is 2. The Bertz CT molecular complexity index is 1390. The average molecular weight is 535 g/mol. The number of thioether (sulfide) groups is 1. The van der Waals surface area contributed by atoms with Crippen LogP contribution in [0.5, 0.6) is 0 Å². The van der Waals surface area contributed by atoms with Crippen molar-refractivity contribution in [3.8, 4) is 0 Å². The van der Waals surface area contributed by atoms with Gasteiger partial charge in [-0.2, -0.15) is 4.57 Å². The van der Waals surface area contributed by atoms with Gasteiger partial charge in [0.1, 0.15) is 4.70 Å². The average Bonchev–Trinajstić information content (AvgIpc) is 3.29. The molecule has 0 N–H and O–H groups in total. The van der Waals surface area contributed by atoms with E-state index in [0.29, 0.717) is 6.54 Å². The number of aryl methyl sites for hydroxylation is 2. The van der Waals surface area contributed by atoms with Gasteiger partial charge in [0.05, 0.1) is 20.8 Å². The molecule has 34 heavy (non-hydrogen) atoms. The van der Waals surface area contributed by atoms with Crippen LogP contribution in [-0.2, 0) is 16.7 Å². The number of fused-ring (bicyclic) bond motifs is 2. The van der Waals surface area contributed by atoms with Gasteiger partial charge in [0.15, 0.2) is 6.54 Å². The molecule has 1 aliphatic rings. The molecule has 5 nitrogen and oxygen atoms in total. The van der Waals surface area contributed by atoms with E-state index in [1.807, 2.05) is 19.1 Å². The van der Waals surface area contributed by atoms with Gasteiger partial charge in [-0.15, -0.1) is 0 Å². The highest BCUT2D eigenvalue weighted by Crippen LogP contribution is 2.47. The van der Waals surface area contributed by atoms with Gasteiger partial charge >= 0.3 is 0 Å². The van der Waals surface area contributed by atoms with Crippen LogP contribution in [-0.4, -0.2) is 25.3 Å². The topological polar surface area (TPSA) is 64.3 Å². The summed E-state index contributed by atoms with van der Waals surface area (Å²) in [5.74, 6) is -0.361. The van der Waals surface area contributed by atoms with Crippen molar-refractivity contribution in [2.45, 2.75) is 45.1 Å². The molecular formula is C25H27ClN2O3S3. The monoisotopic (exact) mass is 534 g/mol. The molecule has 0 bridgehead atoms. The van der Waals surface area contributed by atoms with E-state index in [0.717, 1.165) is 49.5 Å². The number of hydrogen-bond donors (Lipinski definition) is 0. The number of allylic oxidation sites excluding steroid dienone is 2. The first-order valence-corrected chi connectivity index (χ1v) is 14.8. The molecule has 0 spiro atoms. The maximum Gasteiger partial charge on any atom is 0.263 e. The minimum absolute atomic E-state index is 0.287. The summed E-state index contributed by atoms with van der Waals surface area (Å²) in [4.78, 5) is 3.47. The van der Waals surface area contributed by atoms with Crippen molar-refractivity contribution in [1.82, 2.24) is 0 Å². The molecule has 0 saturated heterocycles. The van der Waals surface area contributed by atoms with E-state index in [1.54, 1.807) is 23.1 Å². The van der Waals surface area contributed by atoms with Gasteiger partial charge in [-0.25, -0.2) is 8.42 Å². The molecule has 4 rings (SSSR count). The van der Waals surface area contributed by atoms with E-state index < -0.39 is 10.1 Å². The van der Waals surface area contributed by atoms with Crippen LogP contribution in [0.1, 0.15) is 37.3 Å². The summed E-state index contributed by atoms with van der Waals surface area (Å²) in [6, 6.07) is 12.3. The molecule has 2 aromatic carbocycles. The zero-order valence-electron chi connectivity index (χ0n) is 19.4. The van der Waals surface area contributed by atoms with Crippen LogP contribution in [0.2, 0.25) is 5.02 Å². The maximum absolute atomic E-state index is 11.2. The first kappa shape index (κ1) is 25.3. The molecule has 0 aliphatic carbocycles. The summed E-state index contributed by atoms with van der Waals surface area (Å²) in [6.07, 6.45) is 5.54. The van der Waals surface area contributed by atoms with Crippen molar-refractivity contribution in [2.75, 3.05) is 17.2 Å². The lowest BCUT2D eigenvalue weighted by Crippen LogP contribution is -2.36. The molecule has 3 aromatic rings. The largest absolute Gasteiger partial charge is 0.748 e. The molecule has 9 heteroatoms. The van der Waals surface area contributed by atoms with Crippen molar-refractivity contribution in [1.29, 1.82) is 0 Å². The van der Waals surface area contributed by atoms with Crippen LogP contribution in [0, 0.1) is 6.92 Å². The smallest absolute Gasteiger partial charge is 0.263 e. The lowest BCUT2D eigenvalue weighted by atomic mass is 10.2. The minimum atomic E-state index is -4.24. The number of nitrogens with zero attached hydrogens (tertiary/aromatic N) is 2. The Morgan fingerprint density at radius 3 is 2.71 bits per heavy atom. The fourth-order valence-electron chi connectivity index (χ4n) is 4.02.